The van der Waals surface area contributed by atoms with Crippen LogP contribution in [0.15, 0.2) is 18.2 Å². The van der Waals surface area contributed by atoms with Crippen LogP contribution in [0.4, 0.5) is 4.39 Å². The second-order valence-electron chi connectivity index (χ2n) is 5.41. The van der Waals surface area contributed by atoms with E-state index in [9.17, 15) is 4.39 Å². The molecule has 1 N–H and O–H groups in total. The molecule has 0 aliphatic carbocycles. The van der Waals surface area contributed by atoms with E-state index in [0.717, 1.165) is 0 Å². The van der Waals surface area contributed by atoms with Crippen LogP contribution in [0.25, 0.3) is 0 Å². The lowest BCUT2D eigenvalue weighted by atomic mass is 9.80. The Hall–Kier alpha value is -0.640. The number of ether oxygens (including phenoxy) is 1. The van der Waals surface area contributed by atoms with Crippen LogP contribution < -0.4 is 5.32 Å². The molecule has 0 saturated carbocycles. The zero-order chi connectivity index (χ0) is 14.2. The van der Waals surface area contributed by atoms with E-state index in [1.165, 1.54) is 6.07 Å². The van der Waals surface area contributed by atoms with Crippen molar-refractivity contribution in [1.29, 1.82) is 0 Å². The molecule has 1 aliphatic heterocycles. The maximum absolute atomic E-state index is 14.1. The molecule has 0 aromatic heterocycles. The van der Waals surface area contributed by atoms with E-state index in [2.05, 4.69) is 26.1 Å². The van der Waals surface area contributed by atoms with Gasteiger partial charge < -0.3 is 10.1 Å². The Morgan fingerprint density at radius 1 is 1.26 bits per heavy atom. The Morgan fingerprint density at radius 2 is 1.95 bits per heavy atom. The molecular formula is C15H21ClFNO. The summed E-state index contributed by atoms with van der Waals surface area (Å²) >= 11 is 5.82. The van der Waals surface area contributed by atoms with Crippen molar-refractivity contribution < 1.29 is 9.13 Å². The first kappa shape index (κ1) is 14.8. The van der Waals surface area contributed by atoms with Gasteiger partial charge in [0, 0.05) is 22.5 Å². The Bertz CT molecular complexity index is 454. The lowest BCUT2D eigenvalue weighted by Crippen LogP contribution is -2.33. The number of rotatable bonds is 3. The molecule has 1 aromatic carbocycles. The van der Waals surface area contributed by atoms with Gasteiger partial charge in [0.2, 0.25) is 0 Å². The van der Waals surface area contributed by atoms with Crippen molar-refractivity contribution in [3.8, 4) is 0 Å². The fraction of sp³-hybridized carbons (Fsp3) is 0.600. The summed E-state index contributed by atoms with van der Waals surface area (Å²) in [4.78, 5) is 0. The summed E-state index contributed by atoms with van der Waals surface area (Å²) < 4.78 is 20.0. The third-order valence-electron chi connectivity index (χ3n) is 4.31. The summed E-state index contributed by atoms with van der Waals surface area (Å²) in [5.41, 5.74) is 0.660. The number of hydrogen-bond donors (Lipinski definition) is 1. The Labute approximate surface area is 119 Å². The van der Waals surface area contributed by atoms with Gasteiger partial charge in [-0.15, -0.1) is 0 Å². The SMILES string of the molecule is CNC(c1ccc(Cl)cc1F)C1C(C)OC(C)C1C. The highest BCUT2D eigenvalue weighted by molar-refractivity contribution is 6.30. The third kappa shape index (κ3) is 2.78. The van der Waals surface area contributed by atoms with Crippen LogP contribution in [0.2, 0.25) is 5.02 Å². The first-order chi connectivity index (χ1) is 8.95. The van der Waals surface area contributed by atoms with E-state index in [1.54, 1.807) is 12.1 Å². The van der Waals surface area contributed by atoms with Gasteiger partial charge in [-0.25, -0.2) is 4.39 Å². The van der Waals surface area contributed by atoms with Crippen molar-refractivity contribution in [2.24, 2.45) is 11.8 Å². The van der Waals surface area contributed by atoms with E-state index < -0.39 is 0 Å². The molecule has 2 nitrogen and oxygen atoms in total. The van der Waals surface area contributed by atoms with Crippen molar-refractivity contribution in [3.05, 3.63) is 34.6 Å². The van der Waals surface area contributed by atoms with Gasteiger partial charge in [0.1, 0.15) is 5.82 Å². The van der Waals surface area contributed by atoms with Crippen molar-refractivity contribution in [2.45, 2.75) is 39.0 Å². The number of halogens is 2. The molecule has 0 amide bonds. The molecule has 5 atom stereocenters. The molecule has 2 rings (SSSR count). The predicted molar refractivity (Wildman–Crippen MR) is 75.9 cm³/mol. The van der Waals surface area contributed by atoms with E-state index in [1.807, 2.05) is 7.05 Å². The standard InChI is InChI=1S/C15H21ClFNO/c1-8-9(2)19-10(3)14(8)15(18-4)12-6-5-11(16)7-13(12)17/h5-10,14-15,18H,1-4H3. The number of benzene rings is 1. The molecule has 106 valence electrons. The zero-order valence-corrected chi connectivity index (χ0v) is 12.5. The van der Waals surface area contributed by atoms with Crippen molar-refractivity contribution in [2.75, 3.05) is 7.05 Å². The first-order valence-electron chi connectivity index (χ1n) is 6.73. The highest BCUT2D eigenvalue weighted by atomic mass is 35.5. The summed E-state index contributed by atoms with van der Waals surface area (Å²) in [7, 11) is 1.86. The van der Waals surface area contributed by atoms with Crippen molar-refractivity contribution in [1.82, 2.24) is 5.32 Å². The smallest absolute Gasteiger partial charge is 0.129 e. The average molecular weight is 286 g/mol. The molecule has 1 aliphatic rings. The minimum atomic E-state index is -0.259. The van der Waals surface area contributed by atoms with Gasteiger partial charge >= 0.3 is 0 Å². The van der Waals surface area contributed by atoms with Gasteiger partial charge in [-0.1, -0.05) is 24.6 Å². The van der Waals surface area contributed by atoms with Gasteiger partial charge in [0.25, 0.3) is 0 Å². The minimum absolute atomic E-state index is 0.0628. The predicted octanol–water partition coefficient (Wildman–Crippen LogP) is 3.80. The summed E-state index contributed by atoms with van der Waals surface area (Å²) in [6, 6.07) is 4.81. The Morgan fingerprint density at radius 3 is 2.42 bits per heavy atom. The molecule has 0 spiro atoms. The highest BCUT2D eigenvalue weighted by Gasteiger charge is 2.42. The monoisotopic (exact) mass is 285 g/mol. The molecular weight excluding hydrogens is 265 g/mol. The molecule has 0 bridgehead atoms. The zero-order valence-electron chi connectivity index (χ0n) is 11.8. The lowest BCUT2D eigenvalue weighted by Gasteiger charge is -2.29. The lowest BCUT2D eigenvalue weighted by molar-refractivity contribution is 0.0477. The van der Waals surface area contributed by atoms with E-state index in [-0.39, 0.29) is 30.0 Å². The largest absolute Gasteiger partial charge is 0.375 e. The summed E-state index contributed by atoms with van der Waals surface area (Å²) in [6.07, 6.45) is 0.309. The average Bonchev–Trinajstić information content (AvgIpc) is 2.59. The van der Waals surface area contributed by atoms with Gasteiger partial charge in [-0.2, -0.15) is 0 Å². The van der Waals surface area contributed by atoms with Crippen LogP contribution in [0.5, 0.6) is 0 Å². The van der Waals surface area contributed by atoms with Gasteiger partial charge in [0.05, 0.1) is 12.2 Å². The topological polar surface area (TPSA) is 21.3 Å². The third-order valence-corrected chi connectivity index (χ3v) is 4.55. The van der Waals surface area contributed by atoms with Crippen LogP contribution in [0.3, 0.4) is 0 Å². The summed E-state index contributed by atoms with van der Waals surface area (Å²) in [5, 5.41) is 3.66. The molecule has 4 heteroatoms. The van der Waals surface area contributed by atoms with Crippen LogP contribution in [0.1, 0.15) is 32.4 Å². The second-order valence-corrected chi connectivity index (χ2v) is 5.85. The van der Waals surface area contributed by atoms with Crippen LogP contribution in [-0.2, 0) is 4.74 Å². The molecule has 1 heterocycles. The molecule has 5 unspecified atom stereocenters. The molecule has 1 aromatic rings. The van der Waals surface area contributed by atoms with Gasteiger partial charge in [-0.05, 0) is 38.9 Å². The molecule has 19 heavy (non-hydrogen) atoms. The molecule has 0 radical (unpaired) electrons. The fourth-order valence-corrected chi connectivity index (χ4v) is 3.34. The van der Waals surface area contributed by atoms with Crippen LogP contribution in [-0.4, -0.2) is 19.3 Å². The minimum Gasteiger partial charge on any atom is -0.375 e. The Balaban J connectivity index is 2.34. The van der Waals surface area contributed by atoms with Crippen molar-refractivity contribution in [3.63, 3.8) is 0 Å². The quantitative estimate of drug-likeness (QED) is 0.912. The van der Waals surface area contributed by atoms with Gasteiger partial charge in [-0.3, -0.25) is 0 Å². The van der Waals surface area contributed by atoms with E-state index >= 15 is 0 Å². The second kappa shape index (κ2) is 5.78. The first-order valence-corrected chi connectivity index (χ1v) is 7.11. The normalized spacial score (nSPS) is 32.5. The summed E-state index contributed by atoms with van der Waals surface area (Å²) in [6.45, 7) is 6.30. The maximum atomic E-state index is 14.1. The fourth-order valence-electron chi connectivity index (χ4n) is 3.18. The molecule has 1 saturated heterocycles. The maximum Gasteiger partial charge on any atom is 0.129 e. The van der Waals surface area contributed by atoms with Crippen molar-refractivity contribution >= 4 is 11.6 Å². The van der Waals surface area contributed by atoms with Crippen LogP contribution in [0, 0.1) is 17.7 Å². The van der Waals surface area contributed by atoms with E-state index in [0.29, 0.717) is 16.5 Å². The summed E-state index contributed by atoms with van der Waals surface area (Å²) in [5.74, 6) is 0.365. The Kier molecular flexibility index (Phi) is 4.49. The van der Waals surface area contributed by atoms with Crippen LogP contribution >= 0.6 is 11.6 Å². The number of hydrogen-bond acceptors (Lipinski definition) is 2. The van der Waals surface area contributed by atoms with Gasteiger partial charge in [0.15, 0.2) is 0 Å². The highest BCUT2D eigenvalue weighted by Crippen LogP contribution is 2.41. The van der Waals surface area contributed by atoms with E-state index in [4.69, 9.17) is 16.3 Å². The number of nitrogens with one attached hydrogen (secondary N) is 1. The molecule has 1 fully saturated rings.